The van der Waals surface area contributed by atoms with E-state index in [9.17, 15) is 33.6 Å². The van der Waals surface area contributed by atoms with Crippen LogP contribution in [0, 0.1) is 0 Å². The molecule has 32 heavy (non-hydrogen) atoms. The van der Waals surface area contributed by atoms with Gasteiger partial charge in [0.15, 0.2) is 6.23 Å². The number of ether oxygens (including phenoxy) is 1. The van der Waals surface area contributed by atoms with E-state index >= 15 is 0 Å². The van der Waals surface area contributed by atoms with Crippen LogP contribution in [0.4, 0.5) is 5.82 Å². The van der Waals surface area contributed by atoms with Crippen LogP contribution in [0.1, 0.15) is 6.23 Å². The second-order valence-electron chi connectivity index (χ2n) is 5.82. The molecule has 0 spiro atoms. The fraction of sp³-hybridized carbons (Fsp3) is 0.455. The number of aromatic nitrogens is 2. The molecule has 0 aromatic carbocycles. The van der Waals surface area contributed by atoms with Gasteiger partial charge in [0.1, 0.15) is 30.4 Å². The second kappa shape index (κ2) is 10.5. The maximum atomic E-state index is 12.6. The molecule has 2 heterocycles. The number of phosphoric ester groups is 1. The standard InChI is InChI=1S/C11H17BrN3O14P3/c12-2-4-25-32(24,29-31(22,23)28-30(19,20)21)26-5-6-8(16)9(17)10(27-6)15-3-1-7(13)14-11(15)18/h1-4,6,8-10,16-17H,5H2,(H,22,23)(H2,13,14,18)(H2,19,20,21)/b4-2+/t6-,8-,9-,10-,32?/m1/s1. The van der Waals surface area contributed by atoms with Crippen LogP contribution in [0.25, 0.3) is 0 Å². The van der Waals surface area contributed by atoms with Crippen molar-refractivity contribution >= 4 is 45.2 Å². The Bertz CT molecular complexity index is 1040. The van der Waals surface area contributed by atoms with Gasteiger partial charge in [0.05, 0.1) is 6.61 Å². The van der Waals surface area contributed by atoms with Crippen molar-refractivity contribution in [1.82, 2.24) is 9.55 Å². The van der Waals surface area contributed by atoms with E-state index in [4.69, 9.17) is 24.8 Å². The molecule has 0 radical (unpaired) electrons. The van der Waals surface area contributed by atoms with Crippen molar-refractivity contribution < 1.29 is 61.0 Å². The minimum atomic E-state index is -5.68. The summed E-state index contributed by atoms with van der Waals surface area (Å²) < 4.78 is 58.1. The highest BCUT2D eigenvalue weighted by Crippen LogP contribution is 2.68. The number of aliphatic hydroxyl groups is 2. The molecule has 7 N–H and O–H groups in total. The number of halogens is 1. The third kappa shape index (κ3) is 7.53. The number of phosphoric acid groups is 3. The lowest BCUT2D eigenvalue weighted by Crippen LogP contribution is -2.36. The summed E-state index contributed by atoms with van der Waals surface area (Å²) >= 11 is 2.74. The van der Waals surface area contributed by atoms with Gasteiger partial charge in [0, 0.05) is 11.2 Å². The van der Waals surface area contributed by atoms with Crippen molar-refractivity contribution in [3.63, 3.8) is 0 Å². The maximum absolute atomic E-state index is 12.6. The van der Waals surface area contributed by atoms with Crippen LogP contribution in [-0.2, 0) is 36.1 Å². The van der Waals surface area contributed by atoms with Crippen molar-refractivity contribution in [2.75, 3.05) is 12.3 Å². The largest absolute Gasteiger partial charge is 0.538 e. The van der Waals surface area contributed by atoms with Crippen LogP contribution >= 0.6 is 39.4 Å². The first-order valence-electron chi connectivity index (χ1n) is 8.02. The molecule has 182 valence electrons. The van der Waals surface area contributed by atoms with Gasteiger partial charge < -0.3 is 39.9 Å². The van der Waals surface area contributed by atoms with Crippen molar-refractivity contribution in [3.05, 3.63) is 34.0 Å². The Kier molecular flexibility index (Phi) is 8.97. The van der Waals surface area contributed by atoms with Gasteiger partial charge >= 0.3 is 29.2 Å². The zero-order valence-corrected chi connectivity index (χ0v) is 19.7. The van der Waals surface area contributed by atoms with E-state index in [0.29, 0.717) is 6.26 Å². The molecule has 1 saturated heterocycles. The molecule has 1 aliphatic rings. The number of nitrogens with zero attached hydrogens (tertiary/aromatic N) is 2. The minimum Gasteiger partial charge on any atom is -0.411 e. The average molecular weight is 588 g/mol. The first kappa shape index (κ1) is 27.3. The Labute approximate surface area is 186 Å². The summed E-state index contributed by atoms with van der Waals surface area (Å²) in [6.45, 7) is -0.921. The molecule has 0 saturated carbocycles. The minimum absolute atomic E-state index is 0.111. The summed E-state index contributed by atoms with van der Waals surface area (Å²) in [4.78, 5) is 43.0. The first-order valence-corrected chi connectivity index (χ1v) is 13.4. The molecule has 0 amide bonds. The lowest BCUT2D eigenvalue weighted by molar-refractivity contribution is -0.0542. The molecule has 1 fully saturated rings. The number of hydrogen-bond acceptors (Lipinski definition) is 13. The van der Waals surface area contributed by atoms with Gasteiger partial charge in [-0.1, -0.05) is 15.9 Å². The summed E-state index contributed by atoms with van der Waals surface area (Å²) in [5.74, 6) is -0.111. The maximum Gasteiger partial charge on any atom is 0.538 e. The Morgan fingerprint density at radius 3 is 2.44 bits per heavy atom. The molecule has 2 rings (SSSR count). The first-order chi connectivity index (χ1) is 14.7. The van der Waals surface area contributed by atoms with E-state index in [1.54, 1.807) is 0 Å². The van der Waals surface area contributed by atoms with Crippen molar-refractivity contribution in [3.8, 4) is 0 Å². The van der Waals surface area contributed by atoms with Crippen LogP contribution in [0.5, 0.6) is 0 Å². The van der Waals surface area contributed by atoms with Gasteiger partial charge in [-0.15, -0.1) is 0 Å². The van der Waals surface area contributed by atoms with Crippen LogP contribution < -0.4 is 11.4 Å². The summed E-state index contributed by atoms with van der Waals surface area (Å²) in [6, 6.07) is 1.22. The molecule has 21 heteroatoms. The monoisotopic (exact) mass is 587 g/mol. The third-order valence-electron chi connectivity index (χ3n) is 3.51. The summed E-state index contributed by atoms with van der Waals surface area (Å²) in [5, 5.41) is 20.3. The molecule has 2 unspecified atom stereocenters. The van der Waals surface area contributed by atoms with Crippen LogP contribution in [0.3, 0.4) is 0 Å². The molecule has 1 aromatic rings. The zero-order valence-electron chi connectivity index (χ0n) is 15.4. The van der Waals surface area contributed by atoms with E-state index in [1.165, 1.54) is 6.07 Å². The Balaban J connectivity index is 2.16. The fourth-order valence-electron chi connectivity index (χ4n) is 2.33. The van der Waals surface area contributed by atoms with Crippen molar-refractivity contribution in [1.29, 1.82) is 0 Å². The topological polar surface area (TPSA) is 259 Å². The number of aliphatic hydroxyl groups excluding tert-OH is 2. The predicted octanol–water partition coefficient (Wildman–Crippen LogP) is -0.322. The number of anilines is 1. The predicted molar refractivity (Wildman–Crippen MR) is 106 cm³/mol. The number of nitrogen functional groups attached to an aromatic ring is 1. The number of hydrogen-bond donors (Lipinski definition) is 6. The van der Waals surface area contributed by atoms with Gasteiger partial charge in [-0.2, -0.15) is 13.6 Å². The van der Waals surface area contributed by atoms with Crippen molar-refractivity contribution in [2.45, 2.75) is 24.5 Å². The lowest BCUT2D eigenvalue weighted by Gasteiger charge is -2.21. The van der Waals surface area contributed by atoms with Gasteiger partial charge in [-0.05, 0) is 6.07 Å². The molecule has 6 atom stereocenters. The smallest absolute Gasteiger partial charge is 0.411 e. The Morgan fingerprint density at radius 2 is 1.88 bits per heavy atom. The summed E-state index contributed by atoms with van der Waals surface area (Å²) in [5.41, 5.74) is 4.45. The van der Waals surface area contributed by atoms with E-state index in [0.717, 1.165) is 15.7 Å². The molecular formula is C11H17BrN3O14P3. The Morgan fingerprint density at radius 1 is 1.22 bits per heavy atom. The second-order valence-corrected chi connectivity index (χ2v) is 10.9. The third-order valence-corrected chi connectivity index (χ3v) is 7.88. The fourth-order valence-corrected chi connectivity index (χ4v) is 6.02. The van der Waals surface area contributed by atoms with Gasteiger partial charge in [0.2, 0.25) is 0 Å². The molecule has 0 aliphatic carbocycles. The van der Waals surface area contributed by atoms with Crippen LogP contribution in [-0.4, -0.2) is 59.4 Å². The van der Waals surface area contributed by atoms with Crippen LogP contribution in [0.2, 0.25) is 0 Å². The molecular weight excluding hydrogens is 571 g/mol. The van der Waals surface area contributed by atoms with Gasteiger partial charge in [-0.25, -0.2) is 18.5 Å². The highest BCUT2D eigenvalue weighted by Gasteiger charge is 2.48. The van der Waals surface area contributed by atoms with Crippen molar-refractivity contribution in [2.24, 2.45) is 0 Å². The normalized spacial score (nSPS) is 27.8. The number of nitrogens with two attached hydrogens (primary N) is 1. The SMILES string of the molecule is Nc1ccn([C@@H]2O[C@H](COP(=O)(O/C=C/Br)OP(=O)(O)OP(=O)(O)O)[C@@H](O)[C@H]2O)c(=O)n1. The molecule has 17 nitrogen and oxygen atoms in total. The molecule has 1 aromatic heterocycles. The highest BCUT2D eigenvalue weighted by atomic mass is 79.9. The average Bonchev–Trinajstić information content (AvgIpc) is 2.91. The van der Waals surface area contributed by atoms with E-state index in [2.05, 4.69) is 34.1 Å². The quantitative estimate of drug-likeness (QED) is 0.151. The van der Waals surface area contributed by atoms with E-state index in [1.807, 2.05) is 0 Å². The van der Waals surface area contributed by atoms with Gasteiger partial charge in [0.25, 0.3) is 0 Å². The highest BCUT2D eigenvalue weighted by molar-refractivity contribution is 9.11. The number of rotatable bonds is 10. The summed E-state index contributed by atoms with van der Waals surface area (Å²) in [7, 11) is -16.3. The summed E-state index contributed by atoms with van der Waals surface area (Å²) in [6.07, 6.45) is -4.62. The Hall–Kier alpha value is -0.970. The van der Waals surface area contributed by atoms with E-state index in [-0.39, 0.29) is 5.82 Å². The van der Waals surface area contributed by atoms with Gasteiger partial charge in [-0.3, -0.25) is 9.09 Å². The zero-order chi connectivity index (χ0) is 24.3. The van der Waals surface area contributed by atoms with E-state index < -0.39 is 60.3 Å². The lowest BCUT2D eigenvalue weighted by atomic mass is 10.1. The molecule has 0 bridgehead atoms. The van der Waals surface area contributed by atoms with Crippen LogP contribution in [0.15, 0.2) is 28.3 Å². The molecule has 1 aliphatic heterocycles.